The molecule has 4 aliphatic rings. The van der Waals surface area contributed by atoms with Gasteiger partial charge in [0.2, 0.25) is 11.8 Å². The van der Waals surface area contributed by atoms with Crippen molar-refractivity contribution in [2.75, 3.05) is 19.8 Å². The molecular formula is C28H46N2O22. The Morgan fingerprint density at radius 3 is 1.71 bits per heavy atom. The van der Waals surface area contributed by atoms with Gasteiger partial charge in [0.15, 0.2) is 31.3 Å². The number of carboxylic acid groups (broad SMARTS) is 1. The van der Waals surface area contributed by atoms with E-state index < -0.39 is 160 Å². The van der Waals surface area contributed by atoms with Crippen LogP contribution in [0.1, 0.15) is 13.8 Å². The zero-order valence-corrected chi connectivity index (χ0v) is 27.6. The molecule has 2 amide bonds. The summed E-state index contributed by atoms with van der Waals surface area (Å²) in [6.45, 7) is -0.591. The highest BCUT2D eigenvalue weighted by Crippen LogP contribution is 2.35. The number of amides is 2. The molecule has 0 saturated carbocycles. The van der Waals surface area contributed by atoms with Gasteiger partial charge in [-0.2, -0.15) is 0 Å². The molecule has 0 bridgehead atoms. The minimum Gasteiger partial charge on any atom is -0.479 e. The van der Waals surface area contributed by atoms with Gasteiger partial charge in [0.25, 0.3) is 0 Å². The number of carbonyl (C=O) groups is 3. The van der Waals surface area contributed by atoms with Gasteiger partial charge in [0.05, 0.1) is 19.8 Å². The normalized spacial score (nSPS) is 46.0. The number of hydrogen-bond acceptors (Lipinski definition) is 21. The molecule has 0 aromatic rings. The average molecular weight is 763 g/mol. The van der Waals surface area contributed by atoms with E-state index in [9.17, 15) is 75.7 Å². The van der Waals surface area contributed by atoms with Gasteiger partial charge in [0, 0.05) is 13.8 Å². The van der Waals surface area contributed by atoms with Crippen LogP contribution in [0.25, 0.3) is 0 Å². The zero-order valence-electron chi connectivity index (χ0n) is 27.6. The Labute approximate surface area is 293 Å². The third-order valence-electron chi connectivity index (χ3n) is 8.95. The van der Waals surface area contributed by atoms with Crippen molar-refractivity contribution in [1.82, 2.24) is 10.6 Å². The maximum atomic E-state index is 12.3. The van der Waals surface area contributed by atoms with Gasteiger partial charge in [-0.05, 0) is 0 Å². The smallest absolute Gasteiger partial charge is 0.335 e. The Hall–Kier alpha value is -2.31. The Balaban J connectivity index is 1.56. The molecular weight excluding hydrogens is 716 g/mol. The molecule has 20 atom stereocenters. The largest absolute Gasteiger partial charge is 0.479 e. The van der Waals surface area contributed by atoms with Crippen molar-refractivity contribution >= 4 is 17.8 Å². The van der Waals surface area contributed by atoms with E-state index in [1.54, 1.807) is 0 Å². The Morgan fingerprint density at radius 2 is 1.15 bits per heavy atom. The number of aliphatic hydroxyl groups excluding tert-OH is 11. The summed E-state index contributed by atoms with van der Waals surface area (Å²) in [7, 11) is 0. The van der Waals surface area contributed by atoms with Crippen molar-refractivity contribution in [3.8, 4) is 0 Å². The molecule has 24 nitrogen and oxygen atoms in total. The summed E-state index contributed by atoms with van der Waals surface area (Å²) in [5.74, 6) is -3.28. The number of nitrogens with one attached hydrogen (secondary N) is 2. The number of carbonyl (C=O) groups excluding carboxylic acids is 2. The zero-order chi connectivity index (χ0) is 38.8. The highest BCUT2D eigenvalue weighted by molar-refractivity contribution is 5.74. The molecule has 4 aliphatic heterocycles. The molecule has 0 radical (unpaired) electrons. The molecule has 14 N–H and O–H groups in total. The summed E-state index contributed by atoms with van der Waals surface area (Å²) in [6, 6.07) is -3.09. The van der Waals surface area contributed by atoms with Crippen molar-refractivity contribution in [2.45, 2.75) is 137 Å². The highest BCUT2D eigenvalue weighted by Gasteiger charge is 2.57. The maximum absolute atomic E-state index is 12.3. The minimum atomic E-state index is -2.24. The fourth-order valence-corrected chi connectivity index (χ4v) is 6.33. The molecule has 0 aromatic carbocycles. The monoisotopic (exact) mass is 762 g/mol. The molecule has 4 fully saturated rings. The second kappa shape index (κ2) is 17.9. The number of hydrogen-bond donors (Lipinski definition) is 14. The Morgan fingerprint density at radius 1 is 0.615 bits per heavy atom. The van der Waals surface area contributed by atoms with Crippen LogP contribution in [0.3, 0.4) is 0 Å². The first-order valence-electron chi connectivity index (χ1n) is 16.1. The number of rotatable bonds is 13. The van der Waals surface area contributed by atoms with E-state index >= 15 is 0 Å². The van der Waals surface area contributed by atoms with E-state index in [4.69, 9.17) is 33.2 Å². The molecule has 0 spiro atoms. The summed E-state index contributed by atoms with van der Waals surface area (Å²) in [5.41, 5.74) is 0. The SMILES string of the molecule is CC(=O)N[C@@H]1[C@@H](O[C@@H]2O[C@@H]([C@H](O)CO)[C@H](O[C@@H]3O[C@H](C(=O)O)[C@@H](O[C@@H]4O[C@H](CO)[C@@H](O)[C@H](O)[C@H]4NC(C)=O)[C@H](O)[C@H]3O)[C@H]2O)[C@H](O)[C@@H](CO)O[C@H]1O. The second-order valence-electron chi connectivity index (χ2n) is 12.7. The molecule has 0 aliphatic carbocycles. The van der Waals surface area contributed by atoms with Crippen LogP contribution in [0.5, 0.6) is 0 Å². The van der Waals surface area contributed by atoms with Gasteiger partial charge < -0.3 is 105 Å². The van der Waals surface area contributed by atoms with Crippen LogP contribution in [0.4, 0.5) is 0 Å². The summed E-state index contributed by atoms with van der Waals surface area (Å²) < 4.78 is 38.4. The summed E-state index contributed by atoms with van der Waals surface area (Å²) in [4.78, 5) is 36.0. The lowest BCUT2D eigenvalue weighted by molar-refractivity contribution is -0.349. The molecule has 0 unspecified atom stereocenters. The van der Waals surface area contributed by atoms with Gasteiger partial charge in [-0.15, -0.1) is 0 Å². The molecule has 24 heteroatoms. The topological polar surface area (TPSA) is 383 Å². The molecule has 4 rings (SSSR count). The minimum absolute atomic E-state index is 0.710. The number of aliphatic carboxylic acids is 1. The van der Waals surface area contributed by atoms with Crippen molar-refractivity contribution < 1.29 is 109 Å². The Bertz CT molecular complexity index is 1220. The van der Waals surface area contributed by atoms with Gasteiger partial charge in [0.1, 0.15) is 91.4 Å². The number of aliphatic hydroxyl groups is 11. The predicted octanol–water partition coefficient (Wildman–Crippen LogP) is -9.37. The van der Waals surface area contributed by atoms with E-state index in [2.05, 4.69) is 10.6 Å². The second-order valence-corrected chi connectivity index (χ2v) is 12.7. The number of ether oxygens (including phenoxy) is 7. The van der Waals surface area contributed by atoms with Crippen LogP contribution in [-0.4, -0.2) is 222 Å². The quantitative estimate of drug-likeness (QED) is 0.0828. The first-order valence-corrected chi connectivity index (χ1v) is 16.1. The van der Waals surface area contributed by atoms with Crippen LogP contribution in [0, 0.1) is 0 Å². The third-order valence-corrected chi connectivity index (χ3v) is 8.95. The van der Waals surface area contributed by atoms with Gasteiger partial charge in [-0.25, -0.2) is 4.79 Å². The van der Waals surface area contributed by atoms with E-state index in [1.807, 2.05) is 0 Å². The molecule has 52 heavy (non-hydrogen) atoms. The van der Waals surface area contributed by atoms with Crippen LogP contribution in [0.2, 0.25) is 0 Å². The first-order chi connectivity index (χ1) is 24.4. The van der Waals surface area contributed by atoms with E-state index in [1.165, 1.54) is 0 Å². The van der Waals surface area contributed by atoms with Crippen molar-refractivity contribution in [1.29, 1.82) is 0 Å². The highest BCUT2D eigenvalue weighted by atomic mass is 16.8. The van der Waals surface area contributed by atoms with Crippen molar-refractivity contribution in [3.05, 3.63) is 0 Å². The van der Waals surface area contributed by atoms with E-state index in [0.29, 0.717) is 0 Å². The van der Waals surface area contributed by atoms with Gasteiger partial charge in [-0.3, -0.25) is 9.59 Å². The Kier molecular flexibility index (Phi) is 14.6. The van der Waals surface area contributed by atoms with E-state index in [-0.39, 0.29) is 0 Å². The summed E-state index contributed by atoms with van der Waals surface area (Å²) in [6.07, 6.45) is -34.0. The van der Waals surface area contributed by atoms with Crippen LogP contribution in [0.15, 0.2) is 0 Å². The van der Waals surface area contributed by atoms with Gasteiger partial charge >= 0.3 is 5.97 Å². The molecule has 0 aromatic heterocycles. The van der Waals surface area contributed by atoms with E-state index in [0.717, 1.165) is 13.8 Å². The molecule has 300 valence electrons. The van der Waals surface area contributed by atoms with Crippen LogP contribution in [-0.2, 0) is 47.5 Å². The van der Waals surface area contributed by atoms with Gasteiger partial charge in [-0.1, -0.05) is 0 Å². The molecule has 4 saturated heterocycles. The van der Waals surface area contributed by atoms with Crippen LogP contribution >= 0.6 is 0 Å². The van der Waals surface area contributed by atoms with Crippen LogP contribution < -0.4 is 10.6 Å². The third kappa shape index (κ3) is 8.96. The lowest BCUT2D eigenvalue weighted by Gasteiger charge is -2.46. The lowest BCUT2D eigenvalue weighted by atomic mass is 9.95. The lowest BCUT2D eigenvalue weighted by Crippen LogP contribution is -2.68. The fraction of sp³-hybridized carbons (Fsp3) is 0.893. The predicted molar refractivity (Wildman–Crippen MR) is 158 cm³/mol. The first kappa shape index (κ1) is 42.4. The standard InChI is InChI=1S/C28H46N2O22/c1-6(34)29-11-15(39)13(37)9(4-32)47-26(11)50-21-16(40)17(41)27(52-23(21)24(43)44)51-22-18(42)28(48-19(22)8(36)3-31)49-20-12(30-7(2)35)25(45)46-10(5-33)14(20)38/h8-23,25-28,31-33,36-42,45H,3-5H2,1-2H3,(H,29,34)(H,30,35)(H,43,44)/t8-,9-,10-,11-,12-,13-,14-,15-,16-,17-,18-,19+,20-,21+,22-,23+,25-,26+,27-,28+/m1/s1. The van der Waals surface area contributed by atoms with Crippen molar-refractivity contribution in [2.24, 2.45) is 0 Å². The average Bonchev–Trinajstić information content (AvgIpc) is 3.39. The van der Waals surface area contributed by atoms with Crippen molar-refractivity contribution in [3.63, 3.8) is 0 Å². The number of carboxylic acids is 1. The summed E-state index contributed by atoms with van der Waals surface area (Å²) in [5, 5.41) is 129. The summed E-state index contributed by atoms with van der Waals surface area (Å²) >= 11 is 0. The fourth-order valence-electron chi connectivity index (χ4n) is 6.33. The maximum Gasteiger partial charge on any atom is 0.335 e. The molecule has 4 heterocycles.